The second kappa shape index (κ2) is 2.86. The molecule has 1 aliphatic rings. The highest BCUT2D eigenvalue weighted by atomic mass is 14.6. The first kappa shape index (κ1) is 8.28. The minimum atomic E-state index is 0.141. The van der Waals surface area contributed by atoms with Crippen LogP contribution in [0.5, 0.6) is 0 Å². The van der Waals surface area contributed by atoms with Crippen LogP contribution in [0.4, 0.5) is 0 Å². The minimum Gasteiger partial charge on any atom is -0.324 e. The Morgan fingerprint density at radius 1 is 1.54 bits per heavy atom. The van der Waals surface area contributed by atoms with E-state index in [0.29, 0.717) is 0 Å². The van der Waals surface area contributed by atoms with Gasteiger partial charge in [0.15, 0.2) is 0 Å². The summed E-state index contributed by atoms with van der Waals surface area (Å²) in [5.74, 6) is 0. The third-order valence-corrected chi connectivity index (χ3v) is 2.77. The van der Waals surface area contributed by atoms with Crippen molar-refractivity contribution >= 4 is 0 Å². The normalized spacial score (nSPS) is 19.6. The van der Waals surface area contributed by atoms with E-state index in [-0.39, 0.29) is 6.04 Å². The fourth-order valence-electron chi connectivity index (χ4n) is 2.01. The van der Waals surface area contributed by atoms with Crippen LogP contribution < -0.4 is 5.73 Å². The fraction of sp³-hybridized carbons (Fsp3) is 0.364. The molecule has 0 radical (unpaired) electrons. The quantitative estimate of drug-likeness (QED) is 0.648. The first-order chi connectivity index (χ1) is 6.24. The van der Waals surface area contributed by atoms with Gasteiger partial charge in [0.25, 0.3) is 0 Å². The molecule has 1 aromatic carbocycles. The maximum Gasteiger partial charge on any atom is 0.0997 e. The molecule has 1 aromatic rings. The molecule has 0 saturated carbocycles. The van der Waals surface area contributed by atoms with Crippen molar-refractivity contribution in [3.8, 4) is 6.07 Å². The van der Waals surface area contributed by atoms with E-state index in [1.165, 1.54) is 11.1 Å². The summed E-state index contributed by atoms with van der Waals surface area (Å²) in [4.78, 5) is 0. The highest BCUT2D eigenvalue weighted by Crippen LogP contribution is 2.32. The van der Waals surface area contributed by atoms with Crippen molar-refractivity contribution in [3.63, 3.8) is 0 Å². The molecule has 1 aliphatic carbocycles. The molecule has 0 spiro atoms. The second-order valence-corrected chi connectivity index (χ2v) is 3.58. The van der Waals surface area contributed by atoms with E-state index in [2.05, 4.69) is 12.1 Å². The van der Waals surface area contributed by atoms with Crippen molar-refractivity contribution in [3.05, 3.63) is 34.4 Å². The van der Waals surface area contributed by atoms with Gasteiger partial charge in [0.2, 0.25) is 0 Å². The predicted octanol–water partition coefficient (Wildman–Crippen LogP) is 1.81. The lowest BCUT2D eigenvalue weighted by Crippen LogP contribution is -2.05. The molecule has 1 atom stereocenters. The Balaban J connectivity index is 2.66. The van der Waals surface area contributed by atoms with Gasteiger partial charge < -0.3 is 5.73 Å². The summed E-state index contributed by atoms with van der Waals surface area (Å²) in [6.07, 6.45) is 1.94. The molecular formula is C11H12N2. The van der Waals surface area contributed by atoms with Crippen molar-refractivity contribution in [2.45, 2.75) is 25.8 Å². The molecule has 2 rings (SSSR count). The molecule has 2 N–H and O–H groups in total. The number of benzene rings is 1. The van der Waals surface area contributed by atoms with Crippen LogP contribution in [0.15, 0.2) is 12.1 Å². The van der Waals surface area contributed by atoms with Gasteiger partial charge in [-0.25, -0.2) is 0 Å². The summed E-state index contributed by atoms with van der Waals surface area (Å²) in [6.45, 7) is 1.97. The van der Waals surface area contributed by atoms with E-state index >= 15 is 0 Å². The number of nitriles is 1. The van der Waals surface area contributed by atoms with Gasteiger partial charge in [0.1, 0.15) is 0 Å². The lowest BCUT2D eigenvalue weighted by Gasteiger charge is -2.07. The largest absolute Gasteiger partial charge is 0.324 e. The average Bonchev–Trinajstić information content (AvgIpc) is 2.48. The van der Waals surface area contributed by atoms with Crippen LogP contribution in [0.1, 0.15) is 34.7 Å². The number of rotatable bonds is 0. The first-order valence-electron chi connectivity index (χ1n) is 4.52. The molecular weight excluding hydrogens is 160 g/mol. The van der Waals surface area contributed by atoms with E-state index in [9.17, 15) is 0 Å². The Labute approximate surface area is 78.0 Å². The summed E-state index contributed by atoms with van der Waals surface area (Å²) >= 11 is 0. The topological polar surface area (TPSA) is 49.8 Å². The maximum absolute atomic E-state index is 8.98. The van der Waals surface area contributed by atoms with Gasteiger partial charge in [-0.1, -0.05) is 12.1 Å². The SMILES string of the molecule is Cc1ccc2c(c1C#N)CC[C@@H]2N. The smallest absolute Gasteiger partial charge is 0.0997 e. The second-order valence-electron chi connectivity index (χ2n) is 3.58. The average molecular weight is 172 g/mol. The highest BCUT2D eigenvalue weighted by Gasteiger charge is 2.22. The maximum atomic E-state index is 8.98. The Morgan fingerprint density at radius 2 is 2.31 bits per heavy atom. The van der Waals surface area contributed by atoms with Gasteiger partial charge >= 0.3 is 0 Å². The third kappa shape index (κ3) is 1.13. The van der Waals surface area contributed by atoms with Gasteiger partial charge in [-0.05, 0) is 36.5 Å². The summed E-state index contributed by atoms with van der Waals surface area (Å²) in [7, 11) is 0. The van der Waals surface area contributed by atoms with Gasteiger partial charge in [-0.15, -0.1) is 0 Å². The zero-order valence-electron chi connectivity index (χ0n) is 7.67. The number of hydrogen-bond donors (Lipinski definition) is 1. The molecule has 2 heteroatoms. The molecule has 0 bridgehead atoms. The Hall–Kier alpha value is -1.33. The summed E-state index contributed by atoms with van der Waals surface area (Å²) in [6, 6.07) is 6.45. The van der Waals surface area contributed by atoms with Gasteiger partial charge in [-0.2, -0.15) is 5.26 Å². The van der Waals surface area contributed by atoms with Crippen LogP contribution in [0, 0.1) is 18.3 Å². The lowest BCUT2D eigenvalue weighted by atomic mass is 9.99. The lowest BCUT2D eigenvalue weighted by molar-refractivity contribution is 0.713. The molecule has 0 aromatic heterocycles. The van der Waals surface area contributed by atoms with Crippen LogP contribution in [0.25, 0.3) is 0 Å². The van der Waals surface area contributed by atoms with Crippen molar-refractivity contribution in [1.29, 1.82) is 5.26 Å². The molecule has 0 heterocycles. The molecule has 0 aliphatic heterocycles. The zero-order valence-corrected chi connectivity index (χ0v) is 7.67. The van der Waals surface area contributed by atoms with E-state index in [4.69, 9.17) is 11.0 Å². The van der Waals surface area contributed by atoms with Crippen LogP contribution in [0.3, 0.4) is 0 Å². The zero-order chi connectivity index (χ0) is 9.42. The van der Waals surface area contributed by atoms with E-state index < -0.39 is 0 Å². The number of hydrogen-bond acceptors (Lipinski definition) is 2. The molecule has 66 valence electrons. The minimum absolute atomic E-state index is 0.141. The van der Waals surface area contributed by atoms with Crippen LogP contribution >= 0.6 is 0 Å². The summed E-state index contributed by atoms with van der Waals surface area (Å²) < 4.78 is 0. The predicted molar refractivity (Wildman–Crippen MR) is 51.1 cm³/mol. The van der Waals surface area contributed by atoms with Crippen LogP contribution in [0.2, 0.25) is 0 Å². The van der Waals surface area contributed by atoms with Crippen LogP contribution in [-0.4, -0.2) is 0 Å². The van der Waals surface area contributed by atoms with Crippen molar-refractivity contribution in [2.75, 3.05) is 0 Å². The molecule has 0 unspecified atom stereocenters. The Bertz CT molecular complexity index is 388. The van der Waals surface area contributed by atoms with E-state index in [1.54, 1.807) is 0 Å². The number of nitrogens with two attached hydrogens (primary N) is 1. The van der Waals surface area contributed by atoms with E-state index in [0.717, 1.165) is 24.0 Å². The summed E-state index contributed by atoms with van der Waals surface area (Å²) in [5.41, 5.74) is 10.2. The van der Waals surface area contributed by atoms with Gasteiger partial charge in [0, 0.05) is 6.04 Å². The highest BCUT2D eigenvalue weighted by molar-refractivity contribution is 5.51. The van der Waals surface area contributed by atoms with E-state index in [1.807, 2.05) is 13.0 Å². The first-order valence-corrected chi connectivity index (χ1v) is 4.52. The van der Waals surface area contributed by atoms with Crippen molar-refractivity contribution in [2.24, 2.45) is 5.73 Å². The molecule has 0 saturated heterocycles. The number of aryl methyl sites for hydroxylation is 1. The van der Waals surface area contributed by atoms with Crippen LogP contribution in [-0.2, 0) is 6.42 Å². The fourth-order valence-corrected chi connectivity index (χ4v) is 2.01. The standard InChI is InChI=1S/C11H12N2/c1-7-2-3-9-8(10(7)6-12)4-5-11(9)13/h2-3,11H,4-5,13H2,1H3/t11-/m0/s1. The van der Waals surface area contributed by atoms with Gasteiger partial charge in [0.05, 0.1) is 11.6 Å². The Kier molecular flexibility index (Phi) is 1.82. The number of nitrogens with zero attached hydrogens (tertiary/aromatic N) is 1. The van der Waals surface area contributed by atoms with Crippen molar-refractivity contribution < 1.29 is 0 Å². The Morgan fingerprint density at radius 3 is 3.00 bits per heavy atom. The summed E-state index contributed by atoms with van der Waals surface area (Å²) in [5, 5.41) is 8.98. The molecule has 2 nitrogen and oxygen atoms in total. The molecule has 0 fully saturated rings. The molecule has 13 heavy (non-hydrogen) atoms. The molecule has 0 amide bonds. The van der Waals surface area contributed by atoms with Gasteiger partial charge in [-0.3, -0.25) is 0 Å². The number of fused-ring (bicyclic) bond motifs is 1. The van der Waals surface area contributed by atoms with Crippen molar-refractivity contribution in [1.82, 2.24) is 0 Å². The third-order valence-electron chi connectivity index (χ3n) is 2.77. The monoisotopic (exact) mass is 172 g/mol.